The van der Waals surface area contributed by atoms with Crippen LogP contribution in [0.25, 0.3) is 0 Å². The highest BCUT2D eigenvalue weighted by atomic mass is 16.6. The van der Waals surface area contributed by atoms with E-state index in [0.29, 0.717) is 24.6 Å². The number of aliphatic hydroxyl groups is 1. The molecule has 0 unspecified atom stereocenters. The van der Waals surface area contributed by atoms with E-state index in [9.17, 15) is 10.1 Å². The Hall–Kier alpha value is -1.86. The fourth-order valence-electron chi connectivity index (χ4n) is 1.57. The summed E-state index contributed by atoms with van der Waals surface area (Å²) < 4.78 is 10.6. The highest BCUT2D eigenvalue weighted by Crippen LogP contribution is 2.26. The van der Waals surface area contributed by atoms with E-state index in [-0.39, 0.29) is 25.0 Å². The van der Waals surface area contributed by atoms with Gasteiger partial charge in [-0.05, 0) is 13.8 Å². The molecule has 0 fully saturated rings. The normalized spacial score (nSPS) is 10.6. The second-order valence-electron chi connectivity index (χ2n) is 4.40. The molecule has 0 bridgehead atoms. The lowest BCUT2D eigenvalue weighted by molar-refractivity contribution is -0.384. The third kappa shape index (κ3) is 5.85. The quantitative estimate of drug-likeness (QED) is 0.408. The number of nitro benzene ring substituents is 1. The van der Waals surface area contributed by atoms with Crippen molar-refractivity contribution in [3.8, 4) is 5.75 Å². The first-order chi connectivity index (χ1) is 9.52. The Kier molecular flexibility index (Phi) is 6.75. The van der Waals surface area contributed by atoms with Crippen molar-refractivity contribution < 1.29 is 19.5 Å². The van der Waals surface area contributed by atoms with E-state index in [1.807, 2.05) is 13.8 Å². The molecule has 0 amide bonds. The van der Waals surface area contributed by atoms with Gasteiger partial charge in [0, 0.05) is 24.4 Å². The van der Waals surface area contributed by atoms with Gasteiger partial charge in [-0.2, -0.15) is 0 Å². The van der Waals surface area contributed by atoms with Gasteiger partial charge in [-0.1, -0.05) is 0 Å². The minimum Gasteiger partial charge on any atom is -0.491 e. The Morgan fingerprint density at radius 2 is 2.10 bits per heavy atom. The van der Waals surface area contributed by atoms with Gasteiger partial charge in [-0.25, -0.2) is 0 Å². The Bertz CT molecular complexity index is 437. The number of hydrogen-bond donors (Lipinski definition) is 2. The lowest BCUT2D eigenvalue weighted by Crippen LogP contribution is -2.12. The van der Waals surface area contributed by atoms with Crippen LogP contribution in [0.1, 0.15) is 13.8 Å². The molecule has 0 aliphatic carbocycles. The van der Waals surface area contributed by atoms with Crippen LogP contribution in [0.4, 0.5) is 11.4 Å². The fraction of sp³-hybridized carbons (Fsp3) is 0.538. The number of hydrogen-bond acceptors (Lipinski definition) is 6. The summed E-state index contributed by atoms with van der Waals surface area (Å²) in [5, 5.41) is 22.5. The molecule has 7 nitrogen and oxygen atoms in total. The van der Waals surface area contributed by atoms with Crippen molar-refractivity contribution in [3.05, 3.63) is 28.3 Å². The highest BCUT2D eigenvalue weighted by molar-refractivity contribution is 5.56. The summed E-state index contributed by atoms with van der Waals surface area (Å²) in [5.74, 6) is 0.452. The van der Waals surface area contributed by atoms with Crippen molar-refractivity contribution in [3.63, 3.8) is 0 Å². The van der Waals surface area contributed by atoms with Crippen molar-refractivity contribution >= 4 is 11.4 Å². The standard InChI is InChI=1S/C13H20N2O5/c1-10(2)20-13-8-11(7-12(9-13)15(17)18)14-3-5-19-6-4-16/h7-10,14,16H,3-6H2,1-2H3. The number of rotatable bonds is 9. The molecule has 0 aliphatic rings. The van der Waals surface area contributed by atoms with Gasteiger partial charge in [0.15, 0.2) is 0 Å². The van der Waals surface area contributed by atoms with Gasteiger partial charge in [0.25, 0.3) is 5.69 Å². The average molecular weight is 284 g/mol. The van der Waals surface area contributed by atoms with E-state index in [0.717, 1.165) is 0 Å². The third-order valence-electron chi connectivity index (χ3n) is 2.29. The highest BCUT2D eigenvalue weighted by Gasteiger charge is 2.11. The lowest BCUT2D eigenvalue weighted by Gasteiger charge is -2.12. The van der Waals surface area contributed by atoms with Crippen LogP contribution in [-0.4, -0.2) is 42.5 Å². The minimum atomic E-state index is -0.458. The molecule has 7 heteroatoms. The summed E-state index contributed by atoms with van der Waals surface area (Å²) in [6.45, 7) is 4.86. The zero-order chi connectivity index (χ0) is 15.0. The lowest BCUT2D eigenvalue weighted by atomic mass is 10.2. The first-order valence-corrected chi connectivity index (χ1v) is 6.41. The summed E-state index contributed by atoms with van der Waals surface area (Å²) in [5.41, 5.74) is 0.573. The zero-order valence-corrected chi connectivity index (χ0v) is 11.7. The molecule has 2 N–H and O–H groups in total. The third-order valence-corrected chi connectivity index (χ3v) is 2.29. The molecule has 0 aromatic heterocycles. The Morgan fingerprint density at radius 1 is 1.35 bits per heavy atom. The Balaban J connectivity index is 2.68. The van der Waals surface area contributed by atoms with Crippen molar-refractivity contribution in [2.75, 3.05) is 31.7 Å². The minimum absolute atomic E-state index is 0.0246. The summed E-state index contributed by atoms with van der Waals surface area (Å²) in [6, 6.07) is 4.55. The molecule has 1 aromatic carbocycles. The molecule has 0 saturated heterocycles. The van der Waals surface area contributed by atoms with Crippen LogP contribution in [-0.2, 0) is 4.74 Å². The van der Waals surface area contributed by atoms with E-state index in [4.69, 9.17) is 14.6 Å². The van der Waals surface area contributed by atoms with Crippen LogP contribution in [0.2, 0.25) is 0 Å². The largest absolute Gasteiger partial charge is 0.491 e. The van der Waals surface area contributed by atoms with Gasteiger partial charge in [-0.3, -0.25) is 10.1 Å². The maximum Gasteiger partial charge on any atom is 0.275 e. The van der Waals surface area contributed by atoms with E-state index in [1.165, 1.54) is 12.1 Å². The van der Waals surface area contributed by atoms with Crippen molar-refractivity contribution in [1.29, 1.82) is 0 Å². The molecule has 112 valence electrons. The first-order valence-electron chi connectivity index (χ1n) is 6.41. The first kappa shape index (κ1) is 16.2. The topological polar surface area (TPSA) is 93.9 Å². The van der Waals surface area contributed by atoms with Crippen LogP contribution in [0.15, 0.2) is 18.2 Å². The van der Waals surface area contributed by atoms with Crippen LogP contribution in [0.3, 0.4) is 0 Å². The molecule has 0 atom stereocenters. The molecular weight excluding hydrogens is 264 g/mol. The number of nitro groups is 1. The van der Waals surface area contributed by atoms with Crippen LogP contribution >= 0.6 is 0 Å². The summed E-state index contributed by atoms with van der Waals surface area (Å²) in [6.07, 6.45) is -0.0576. The average Bonchev–Trinajstić information content (AvgIpc) is 2.37. The monoisotopic (exact) mass is 284 g/mol. The predicted octanol–water partition coefficient (Wildman–Crippen LogP) is 1.80. The van der Waals surface area contributed by atoms with Crippen molar-refractivity contribution in [2.24, 2.45) is 0 Å². The molecule has 0 aliphatic heterocycles. The second-order valence-corrected chi connectivity index (χ2v) is 4.40. The fourth-order valence-corrected chi connectivity index (χ4v) is 1.57. The van der Waals surface area contributed by atoms with Crippen LogP contribution < -0.4 is 10.1 Å². The predicted molar refractivity (Wildman–Crippen MR) is 75.3 cm³/mol. The van der Waals surface area contributed by atoms with Gasteiger partial charge in [0.1, 0.15) is 5.75 Å². The molecule has 20 heavy (non-hydrogen) atoms. The number of nitrogens with zero attached hydrogens (tertiary/aromatic N) is 1. The molecule has 1 rings (SSSR count). The molecule has 0 spiro atoms. The molecule has 0 saturated carbocycles. The summed E-state index contributed by atoms with van der Waals surface area (Å²) in [4.78, 5) is 10.4. The smallest absolute Gasteiger partial charge is 0.275 e. The molecule has 0 heterocycles. The second kappa shape index (κ2) is 8.34. The van der Waals surface area contributed by atoms with Gasteiger partial charge >= 0.3 is 0 Å². The van der Waals surface area contributed by atoms with E-state index in [2.05, 4.69) is 5.32 Å². The van der Waals surface area contributed by atoms with Gasteiger partial charge in [0.05, 0.1) is 36.9 Å². The van der Waals surface area contributed by atoms with E-state index in [1.54, 1.807) is 6.07 Å². The number of benzene rings is 1. The van der Waals surface area contributed by atoms with Gasteiger partial charge < -0.3 is 19.9 Å². The Morgan fingerprint density at radius 3 is 2.70 bits per heavy atom. The molecule has 1 aromatic rings. The molecular formula is C13H20N2O5. The summed E-state index contributed by atoms with van der Waals surface area (Å²) in [7, 11) is 0. The number of ether oxygens (including phenoxy) is 2. The SMILES string of the molecule is CC(C)Oc1cc(NCCOCCO)cc([N+](=O)[O-])c1. The summed E-state index contributed by atoms with van der Waals surface area (Å²) >= 11 is 0. The maximum absolute atomic E-state index is 10.9. The van der Waals surface area contributed by atoms with E-state index >= 15 is 0 Å². The number of anilines is 1. The van der Waals surface area contributed by atoms with Crippen molar-refractivity contribution in [2.45, 2.75) is 20.0 Å². The van der Waals surface area contributed by atoms with E-state index < -0.39 is 4.92 Å². The number of nitrogens with one attached hydrogen (secondary N) is 1. The van der Waals surface area contributed by atoms with Crippen LogP contribution in [0, 0.1) is 10.1 Å². The van der Waals surface area contributed by atoms with Gasteiger partial charge in [-0.15, -0.1) is 0 Å². The van der Waals surface area contributed by atoms with Gasteiger partial charge in [0.2, 0.25) is 0 Å². The Labute approximate surface area is 117 Å². The number of aliphatic hydroxyl groups excluding tert-OH is 1. The maximum atomic E-state index is 10.9. The number of non-ortho nitro benzene ring substituents is 1. The zero-order valence-electron chi connectivity index (χ0n) is 11.7. The van der Waals surface area contributed by atoms with Crippen LogP contribution in [0.5, 0.6) is 5.75 Å². The molecule has 0 radical (unpaired) electrons. The van der Waals surface area contributed by atoms with Crippen molar-refractivity contribution in [1.82, 2.24) is 0 Å².